The molecule has 0 saturated carbocycles. The highest BCUT2D eigenvalue weighted by Crippen LogP contribution is 2.32. The van der Waals surface area contributed by atoms with E-state index in [0.29, 0.717) is 3.92 Å². The van der Waals surface area contributed by atoms with Crippen molar-refractivity contribution in [3.05, 3.63) is 96.6 Å². The van der Waals surface area contributed by atoms with Crippen molar-refractivity contribution in [2.45, 2.75) is 43.0 Å². The fourth-order valence-electron chi connectivity index (χ4n) is 4.12. The summed E-state index contributed by atoms with van der Waals surface area (Å²) < 4.78 is 8.01. The molecule has 0 fully saturated rings. The Hall–Kier alpha value is -1.22. The zero-order valence-corrected chi connectivity index (χ0v) is 22.0. The van der Waals surface area contributed by atoms with E-state index in [-0.39, 0.29) is 6.10 Å². The Bertz CT molecular complexity index is 837. The molecule has 0 heterocycles. The van der Waals surface area contributed by atoms with Crippen LogP contribution in [0.15, 0.2) is 91.0 Å². The van der Waals surface area contributed by atoms with Gasteiger partial charge in [0, 0.05) is 3.92 Å². The molecule has 0 aromatic heterocycles. The van der Waals surface area contributed by atoms with Gasteiger partial charge in [-0.15, -0.1) is 0 Å². The van der Waals surface area contributed by atoms with Crippen LogP contribution in [0, 0.1) is 0 Å². The number of alkyl halides is 1. The average Bonchev–Trinajstić information content (AvgIpc) is 2.72. The van der Waals surface area contributed by atoms with Crippen molar-refractivity contribution in [1.82, 2.24) is 0 Å². The van der Waals surface area contributed by atoms with Gasteiger partial charge in [0.1, 0.15) is 0 Å². The van der Waals surface area contributed by atoms with Crippen molar-refractivity contribution < 1.29 is 4.43 Å². The normalized spacial score (nSPS) is 14.4. The van der Waals surface area contributed by atoms with Crippen LogP contribution in [-0.4, -0.2) is 19.4 Å². The number of benzene rings is 3. The first kappa shape index (κ1) is 22.5. The van der Waals surface area contributed by atoms with Crippen LogP contribution in [0.4, 0.5) is 0 Å². The van der Waals surface area contributed by atoms with Gasteiger partial charge in [0.05, 0.1) is 13.7 Å². The molecule has 29 heavy (non-hydrogen) atoms. The van der Waals surface area contributed by atoms with Crippen molar-refractivity contribution >= 4 is 48.4 Å². The first-order valence-corrected chi connectivity index (χ1v) is 18.0. The van der Waals surface area contributed by atoms with Crippen molar-refractivity contribution in [3.8, 4) is 0 Å². The SMILES string of the molecule is CC(I)C[C@H](O[Si](c1ccccc1)(c1ccccc1)[Si](C)(C)C)c1ccccc1. The van der Waals surface area contributed by atoms with Crippen molar-refractivity contribution in [2.75, 3.05) is 0 Å². The van der Waals surface area contributed by atoms with Crippen LogP contribution in [0.3, 0.4) is 0 Å². The molecular weight excluding hydrogens is 499 g/mol. The van der Waals surface area contributed by atoms with E-state index in [1.165, 1.54) is 15.9 Å². The molecule has 3 rings (SSSR count). The summed E-state index contributed by atoms with van der Waals surface area (Å²) in [6, 6.07) is 32.9. The van der Waals surface area contributed by atoms with Gasteiger partial charge in [0.25, 0.3) is 0 Å². The monoisotopic (exact) mass is 530 g/mol. The third-order valence-electron chi connectivity index (χ3n) is 5.45. The Morgan fingerprint density at radius 1 is 0.724 bits per heavy atom. The van der Waals surface area contributed by atoms with Gasteiger partial charge >= 0.3 is 0 Å². The van der Waals surface area contributed by atoms with Crippen LogP contribution >= 0.6 is 22.6 Å². The molecule has 3 aromatic carbocycles. The number of hydrogen-bond donors (Lipinski definition) is 0. The third kappa shape index (κ3) is 5.10. The second kappa shape index (κ2) is 9.73. The van der Waals surface area contributed by atoms with E-state index < -0.39 is 15.4 Å². The lowest BCUT2D eigenvalue weighted by Gasteiger charge is -2.44. The van der Waals surface area contributed by atoms with E-state index >= 15 is 0 Å². The summed E-state index contributed by atoms with van der Waals surface area (Å²) in [6.07, 6.45) is 1.12. The molecule has 0 bridgehead atoms. The van der Waals surface area contributed by atoms with Crippen LogP contribution in [-0.2, 0) is 4.43 Å². The zero-order chi connectivity index (χ0) is 20.9. The molecule has 1 nitrogen and oxygen atoms in total. The van der Waals surface area contributed by atoms with Crippen LogP contribution in [0.25, 0.3) is 0 Å². The molecule has 0 aliphatic rings. The molecule has 3 aromatic rings. The highest BCUT2D eigenvalue weighted by molar-refractivity contribution is 14.1. The second-order valence-corrected chi connectivity index (χ2v) is 24.7. The molecule has 0 aliphatic heterocycles. The van der Waals surface area contributed by atoms with E-state index in [2.05, 4.69) is 140 Å². The predicted molar refractivity (Wildman–Crippen MR) is 140 cm³/mol. The lowest BCUT2D eigenvalue weighted by atomic mass is 10.1. The molecule has 0 radical (unpaired) electrons. The molecule has 0 aliphatic carbocycles. The van der Waals surface area contributed by atoms with Gasteiger partial charge < -0.3 is 4.43 Å². The fraction of sp³-hybridized carbons (Fsp3) is 0.280. The Balaban J connectivity index is 2.21. The Morgan fingerprint density at radius 3 is 1.52 bits per heavy atom. The summed E-state index contributed by atoms with van der Waals surface area (Å²) in [5.74, 6) is 0. The maximum atomic E-state index is 7.47. The van der Waals surface area contributed by atoms with Gasteiger partial charge in [-0.05, 0) is 22.4 Å². The van der Waals surface area contributed by atoms with Gasteiger partial charge in [0.2, 0.25) is 7.83 Å². The third-order valence-corrected chi connectivity index (χ3v) is 19.4. The van der Waals surface area contributed by atoms with Gasteiger partial charge in [-0.1, -0.05) is 140 Å². The topological polar surface area (TPSA) is 9.23 Å². The van der Waals surface area contributed by atoms with Crippen LogP contribution in [0.5, 0.6) is 0 Å². The molecule has 0 saturated heterocycles. The maximum Gasteiger partial charge on any atom is 0.240 e. The summed E-state index contributed by atoms with van der Waals surface area (Å²) in [4.78, 5) is 0. The number of hydrogen-bond acceptors (Lipinski definition) is 1. The highest BCUT2D eigenvalue weighted by Gasteiger charge is 2.52. The molecule has 0 amide bonds. The minimum Gasteiger partial charge on any atom is -0.404 e. The minimum absolute atomic E-state index is 0.0990. The quantitative estimate of drug-likeness (QED) is 0.193. The fourth-order valence-corrected chi connectivity index (χ4v) is 16.9. The van der Waals surface area contributed by atoms with E-state index in [9.17, 15) is 0 Å². The number of halogens is 1. The first-order valence-electron chi connectivity index (χ1n) is 10.3. The van der Waals surface area contributed by atoms with Crippen LogP contribution in [0.2, 0.25) is 19.6 Å². The lowest BCUT2D eigenvalue weighted by molar-refractivity contribution is 0.199. The van der Waals surface area contributed by atoms with Crippen molar-refractivity contribution in [1.29, 1.82) is 0 Å². The van der Waals surface area contributed by atoms with Gasteiger partial charge in [-0.25, -0.2) is 0 Å². The van der Waals surface area contributed by atoms with Crippen molar-refractivity contribution in [2.24, 2.45) is 0 Å². The molecule has 0 spiro atoms. The molecule has 1 unspecified atom stereocenters. The molecule has 4 heteroatoms. The molecule has 0 N–H and O–H groups in total. The van der Waals surface area contributed by atoms with Gasteiger partial charge in [0.15, 0.2) is 0 Å². The smallest absolute Gasteiger partial charge is 0.240 e. The lowest BCUT2D eigenvalue weighted by Crippen LogP contribution is -2.75. The summed E-state index contributed by atoms with van der Waals surface area (Å²) in [6.45, 7) is 9.72. The largest absolute Gasteiger partial charge is 0.404 e. The number of rotatable bonds is 8. The van der Waals surface area contributed by atoms with Crippen LogP contribution < -0.4 is 10.4 Å². The predicted octanol–water partition coefficient (Wildman–Crippen LogP) is 6.13. The van der Waals surface area contributed by atoms with Crippen LogP contribution in [0.1, 0.15) is 25.0 Å². The first-order chi connectivity index (χ1) is 13.8. The maximum absolute atomic E-state index is 7.47. The summed E-state index contributed by atoms with van der Waals surface area (Å²) in [5, 5.41) is 2.79. The molecule has 2 atom stereocenters. The molecular formula is C25H31IOSi2. The van der Waals surface area contributed by atoms with E-state index in [4.69, 9.17) is 4.43 Å². The minimum atomic E-state index is -2.43. The van der Waals surface area contributed by atoms with E-state index in [1.54, 1.807) is 0 Å². The average molecular weight is 531 g/mol. The van der Waals surface area contributed by atoms with E-state index in [1.807, 2.05) is 0 Å². The van der Waals surface area contributed by atoms with Crippen molar-refractivity contribution in [3.63, 3.8) is 0 Å². The highest BCUT2D eigenvalue weighted by atomic mass is 127. The Labute approximate surface area is 191 Å². The van der Waals surface area contributed by atoms with E-state index in [0.717, 1.165) is 6.42 Å². The zero-order valence-electron chi connectivity index (χ0n) is 17.8. The second-order valence-electron chi connectivity index (χ2n) is 8.70. The summed E-state index contributed by atoms with van der Waals surface area (Å²) >= 11 is 2.53. The molecule has 152 valence electrons. The Kier molecular flexibility index (Phi) is 7.54. The summed E-state index contributed by atoms with van der Waals surface area (Å²) in [5.41, 5.74) is 1.29. The van der Waals surface area contributed by atoms with Gasteiger partial charge in [-0.2, -0.15) is 0 Å². The summed E-state index contributed by atoms with van der Waals surface area (Å²) in [7, 11) is -4.18. The van der Waals surface area contributed by atoms with Gasteiger partial charge in [-0.3, -0.25) is 0 Å². The standard InChI is InChI=1S/C25H31IOSi2/c1-21(26)20-25(22-14-8-5-9-15-22)27-29(28(2,3)4,23-16-10-6-11-17-23)24-18-12-7-13-19-24/h5-19,21,25H,20H2,1-4H3/t21?,25-/m0/s1. The Morgan fingerprint density at radius 2 is 1.14 bits per heavy atom.